The summed E-state index contributed by atoms with van der Waals surface area (Å²) in [6.45, 7) is 5.70. The van der Waals surface area contributed by atoms with Crippen LogP contribution in [0, 0.1) is 11.8 Å². The van der Waals surface area contributed by atoms with E-state index in [2.05, 4.69) is 49.5 Å². The number of hydrogen-bond donors (Lipinski definition) is 1. The monoisotopic (exact) mass is 287 g/mol. The summed E-state index contributed by atoms with van der Waals surface area (Å²) in [7, 11) is 0. The van der Waals surface area contributed by atoms with E-state index < -0.39 is 0 Å². The van der Waals surface area contributed by atoms with Crippen LogP contribution in [0.3, 0.4) is 0 Å². The molecule has 1 aromatic heterocycles. The molecule has 20 heavy (non-hydrogen) atoms. The van der Waals surface area contributed by atoms with Gasteiger partial charge in [-0.2, -0.15) is 0 Å². The van der Waals surface area contributed by atoms with Crippen LogP contribution in [0.1, 0.15) is 50.4 Å². The van der Waals surface area contributed by atoms with E-state index >= 15 is 0 Å². The number of fused-ring (bicyclic) bond motifs is 1. The second kappa shape index (κ2) is 6.28. The zero-order chi connectivity index (χ0) is 13.9. The zero-order valence-electron chi connectivity index (χ0n) is 12.6. The Kier molecular flexibility index (Phi) is 4.42. The second-order valence-electron chi connectivity index (χ2n) is 6.25. The van der Waals surface area contributed by atoms with Crippen molar-refractivity contribution in [1.82, 2.24) is 5.32 Å². The summed E-state index contributed by atoms with van der Waals surface area (Å²) in [4.78, 5) is 1.53. The van der Waals surface area contributed by atoms with Gasteiger partial charge in [-0.25, -0.2) is 0 Å². The summed E-state index contributed by atoms with van der Waals surface area (Å²) in [5, 5.41) is 5.16. The standard InChI is InChI=1S/C18H25NS/c1-3-19-18(15-9-6-7-13(2)11-15)17-12-14-8-4-5-10-16(14)20-17/h4-5,8,10,12-13,15,18-19H,3,6-7,9,11H2,1-2H3. The molecule has 1 N–H and O–H groups in total. The van der Waals surface area contributed by atoms with Gasteiger partial charge in [0.25, 0.3) is 0 Å². The van der Waals surface area contributed by atoms with Crippen molar-refractivity contribution in [2.75, 3.05) is 6.54 Å². The van der Waals surface area contributed by atoms with E-state index in [0.29, 0.717) is 6.04 Å². The first-order valence-corrected chi connectivity index (χ1v) is 8.81. The molecule has 3 rings (SSSR count). The Morgan fingerprint density at radius 1 is 1.30 bits per heavy atom. The predicted molar refractivity (Wildman–Crippen MR) is 89.4 cm³/mol. The van der Waals surface area contributed by atoms with Crippen LogP contribution in [0.2, 0.25) is 0 Å². The van der Waals surface area contributed by atoms with E-state index in [1.807, 2.05) is 11.3 Å². The summed E-state index contributed by atoms with van der Waals surface area (Å²) in [5.41, 5.74) is 0. The van der Waals surface area contributed by atoms with Crippen LogP contribution in [0.25, 0.3) is 10.1 Å². The van der Waals surface area contributed by atoms with Gasteiger partial charge in [0.1, 0.15) is 0 Å². The van der Waals surface area contributed by atoms with E-state index in [0.717, 1.165) is 18.4 Å². The Bertz CT molecular complexity index is 526. The third kappa shape index (κ3) is 2.91. The van der Waals surface area contributed by atoms with Crippen LogP contribution in [0.15, 0.2) is 30.3 Å². The lowest BCUT2D eigenvalue weighted by Gasteiger charge is -2.33. The molecule has 1 fully saturated rings. The van der Waals surface area contributed by atoms with E-state index in [9.17, 15) is 0 Å². The Labute approximate surface area is 126 Å². The van der Waals surface area contributed by atoms with Crippen LogP contribution in [-0.4, -0.2) is 6.54 Å². The Morgan fingerprint density at radius 2 is 2.15 bits per heavy atom. The van der Waals surface area contributed by atoms with Gasteiger partial charge in [0, 0.05) is 15.6 Å². The number of benzene rings is 1. The fourth-order valence-electron chi connectivity index (χ4n) is 3.66. The Balaban J connectivity index is 1.88. The third-order valence-corrected chi connectivity index (χ3v) is 5.82. The minimum Gasteiger partial charge on any atom is -0.309 e. The molecule has 0 spiro atoms. The SMILES string of the molecule is CCNC(c1cc2ccccc2s1)C1CCCC(C)C1. The van der Waals surface area contributed by atoms with E-state index in [-0.39, 0.29) is 0 Å². The number of thiophene rings is 1. The first kappa shape index (κ1) is 14.1. The molecule has 0 bridgehead atoms. The molecule has 0 amide bonds. The fourth-order valence-corrected chi connectivity index (χ4v) is 4.89. The molecule has 1 aromatic carbocycles. The van der Waals surface area contributed by atoms with Gasteiger partial charge in [-0.15, -0.1) is 11.3 Å². The maximum absolute atomic E-state index is 3.76. The van der Waals surface area contributed by atoms with Crippen molar-refractivity contribution in [2.24, 2.45) is 11.8 Å². The van der Waals surface area contributed by atoms with Crippen LogP contribution < -0.4 is 5.32 Å². The summed E-state index contributed by atoms with van der Waals surface area (Å²) in [6, 6.07) is 11.7. The van der Waals surface area contributed by atoms with Gasteiger partial charge in [0.15, 0.2) is 0 Å². The van der Waals surface area contributed by atoms with Gasteiger partial charge in [0.2, 0.25) is 0 Å². The molecule has 1 heterocycles. The molecule has 1 saturated carbocycles. The van der Waals surface area contributed by atoms with Crippen molar-refractivity contribution in [3.05, 3.63) is 35.2 Å². The summed E-state index contributed by atoms with van der Waals surface area (Å²) >= 11 is 1.98. The van der Waals surface area contributed by atoms with Crippen LogP contribution in [0.4, 0.5) is 0 Å². The van der Waals surface area contributed by atoms with Gasteiger partial charge in [-0.05, 0) is 48.7 Å². The van der Waals surface area contributed by atoms with Crippen LogP contribution in [0.5, 0.6) is 0 Å². The van der Waals surface area contributed by atoms with Crippen molar-refractivity contribution in [3.63, 3.8) is 0 Å². The second-order valence-corrected chi connectivity index (χ2v) is 7.37. The van der Waals surface area contributed by atoms with Crippen molar-refractivity contribution in [3.8, 4) is 0 Å². The van der Waals surface area contributed by atoms with E-state index in [4.69, 9.17) is 0 Å². The maximum atomic E-state index is 3.76. The van der Waals surface area contributed by atoms with Gasteiger partial charge < -0.3 is 5.32 Å². The minimum absolute atomic E-state index is 0.556. The highest BCUT2D eigenvalue weighted by atomic mass is 32.1. The highest BCUT2D eigenvalue weighted by Gasteiger charge is 2.28. The lowest BCUT2D eigenvalue weighted by molar-refractivity contribution is 0.227. The topological polar surface area (TPSA) is 12.0 Å². The molecule has 2 heteroatoms. The van der Waals surface area contributed by atoms with Crippen LogP contribution >= 0.6 is 11.3 Å². The molecule has 108 valence electrons. The molecule has 0 radical (unpaired) electrons. The van der Waals surface area contributed by atoms with Crippen molar-refractivity contribution >= 4 is 21.4 Å². The lowest BCUT2D eigenvalue weighted by Crippen LogP contribution is -2.30. The lowest BCUT2D eigenvalue weighted by atomic mass is 9.78. The molecule has 1 aliphatic rings. The van der Waals surface area contributed by atoms with E-state index in [1.165, 1.54) is 40.6 Å². The molecular formula is C18H25NS. The highest BCUT2D eigenvalue weighted by molar-refractivity contribution is 7.19. The Morgan fingerprint density at radius 3 is 2.90 bits per heavy atom. The molecule has 0 aliphatic heterocycles. The first-order valence-electron chi connectivity index (χ1n) is 7.99. The van der Waals surface area contributed by atoms with E-state index in [1.54, 1.807) is 0 Å². The average Bonchev–Trinajstić information content (AvgIpc) is 2.88. The fraction of sp³-hybridized carbons (Fsp3) is 0.556. The number of rotatable bonds is 4. The average molecular weight is 287 g/mol. The third-order valence-electron chi connectivity index (χ3n) is 4.62. The molecule has 0 saturated heterocycles. The molecule has 2 aromatic rings. The molecule has 1 nitrogen and oxygen atoms in total. The number of nitrogens with one attached hydrogen (secondary N) is 1. The molecule has 3 atom stereocenters. The molecule has 1 aliphatic carbocycles. The van der Waals surface area contributed by atoms with Gasteiger partial charge >= 0.3 is 0 Å². The minimum atomic E-state index is 0.556. The first-order chi connectivity index (χ1) is 9.78. The predicted octanol–water partition coefficient (Wildman–Crippen LogP) is 5.38. The summed E-state index contributed by atoms with van der Waals surface area (Å²) in [5.74, 6) is 1.70. The highest BCUT2D eigenvalue weighted by Crippen LogP contribution is 2.40. The summed E-state index contributed by atoms with van der Waals surface area (Å²) in [6.07, 6.45) is 5.59. The largest absolute Gasteiger partial charge is 0.309 e. The van der Waals surface area contributed by atoms with Crippen molar-refractivity contribution in [2.45, 2.75) is 45.6 Å². The normalized spacial score (nSPS) is 24.9. The van der Waals surface area contributed by atoms with Gasteiger partial charge in [0.05, 0.1) is 0 Å². The smallest absolute Gasteiger partial charge is 0.0443 e. The van der Waals surface area contributed by atoms with Gasteiger partial charge in [-0.3, -0.25) is 0 Å². The molecule has 3 unspecified atom stereocenters. The van der Waals surface area contributed by atoms with Crippen LogP contribution in [-0.2, 0) is 0 Å². The number of hydrogen-bond acceptors (Lipinski definition) is 2. The van der Waals surface area contributed by atoms with Gasteiger partial charge in [-0.1, -0.05) is 44.9 Å². The Hall–Kier alpha value is -0.860. The quantitative estimate of drug-likeness (QED) is 0.796. The zero-order valence-corrected chi connectivity index (χ0v) is 13.4. The summed E-state index contributed by atoms with van der Waals surface area (Å²) < 4.78 is 1.43. The van der Waals surface area contributed by atoms with Crippen molar-refractivity contribution in [1.29, 1.82) is 0 Å². The van der Waals surface area contributed by atoms with Crippen molar-refractivity contribution < 1.29 is 0 Å². The maximum Gasteiger partial charge on any atom is 0.0443 e. The molecular weight excluding hydrogens is 262 g/mol.